The number of carbonyl (C=O) groups excluding carboxylic acids is 1. The Labute approximate surface area is 82.9 Å². The molecule has 1 aromatic heterocycles. The minimum atomic E-state index is -0.519. The lowest BCUT2D eigenvalue weighted by Gasteiger charge is -2.12. The summed E-state index contributed by atoms with van der Waals surface area (Å²) in [5.41, 5.74) is 1.02. The van der Waals surface area contributed by atoms with Gasteiger partial charge in [-0.05, 0) is 12.1 Å². The molecule has 76 valence electrons. The second kappa shape index (κ2) is 4.83. The SMILES string of the molecule is COC(OC)c1cccc(C(C)=O)n1. The number of ether oxygens (including phenoxy) is 2. The fourth-order valence-corrected chi connectivity index (χ4v) is 1.12. The van der Waals surface area contributed by atoms with E-state index in [0.717, 1.165) is 0 Å². The molecule has 0 aliphatic rings. The van der Waals surface area contributed by atoms with Gasteiger partial charge in [-0.2, -0.15) is 0 Å². The van der Waals surface area contributed by atoms with Crippen LogP contribution in [-0.2, 0) is 9.47 Å². The molecule has 1 rings (SSSR count). The summed E-state index contributed by atoms with van der Waals surface area (Å²) >= 11 is 0. The van der Waals surface area contributed by atoms with Crippen LogP contribution < -0.4 is 0 Å². The zero-order valence-electron chi connectivity index (χ0n) is 8.48. The van der Waals surface area contributed by atoms with Crippen molar-refractivity contribution in [2.45, 2.75) is 13.2 Å². The van der Waals surface area contributed by atoms with Gasteiger partial charge in [0.1, 0.15) is 5.69 Å². The number of aromatic nitrogens is 1. The zero-order chi connectivity index (χ0) is 10.6. The van der Waals surface area contributed by atoms with E-state index >= 15 is 0 Å². The van der Waals surface area contributed by atoms with E-state index < -0.39 is 6.29 Å². The van der Waals surface area contributed by atoms with Gasteiger partial charge in [-0.3, -0.25) is 4.79 Å². The summed E-state index contributed by atoms with van der Waals surface area (Å²) < 4.78 is 10.0. The Hall–Kier alpha value is -1.26. The Morgan fingerprint density at radius 2 is 2.00 bits per heavy atom. The van der Waals surface area contributed by atoms with Crippen LogP contribution in [0, 0.1) is 0 Å². The number of ketones is 1. The quantitative estimate of drug-likeness (QED) is 0.540. The van der Waals surface area contributed by atoms with E-state index in [0.29, 0.717) is 11.4 Å². The summed E-state index contributed by atoms with van der Waals surface area (Å²) in [6.45, 7) is 1.47. The fourth-order valence-electron chi connectivity index (χ4n) is 1.12. The number of Topliss-reactive ketones (excluding diaryl/α,β-unsaturated/α-hetero) is 1. The molecular formula is C10H13NO3. The molecule has 0 saturated heterocycles. The predicted octanol–water partition coefficient (Wildman–Crippen LogP) is 1.58. The first-order chi connectivity index (χ1) is 6.69. The summed E-state index contributed by atoms with van der Waals surface area (Å²) in [4.78, 5) is 15.2. The van der Waals surface area contributed by atoms with Gasteiger partial charge in [0.25, 0.3) is 0 Å². The summed E-state index contributed by atoms with van der Waals surface area (Å²) in [7, 11) is 3.05. The van der Waals surface area contributed by atoms with Gasteiger partial charge in [0.05, 0.1) is 5.69 Å². The number of methoxy groups -OCH3 is 2. The van der Waals surface area contributed by atoms with Gasteiger partial charge in [-0.1, -0.05) is 6.07 Å². The lowest BCUT2D eigenvalue weighted by atomic mass is 10.2. The predicted molar refractivity (Wildman–Crippen MR) is 51.0 cm³/mol. The molecule has 0 bridgehead atoms. The van der Waals surface area contributed by atoms with Crippen molar-refractivity contribution in [1.82, 2.24) is 4.98 Å². The van der Waals surface area contributed by atoms with Gasteiger partial charge in [-0.25, -0.2) is 4.98 Å². The Morgan fingerprint density at radius 1 is 1.36 bits per heavy atom. The fraction of sp³-hybridized carbons (Fsp3) is 0.400. The van der Waals surface area contributed by atoms with Crippen LogP contribution in [0.1, 0.15) is 29.4 Å². The number of rotatable bonds is 4. The summed E-state index contributed by atoms with van der Waals surface area (Å²) in [6, 6.07) is 5.17. The molecule has 4 nitrogen and oxygen atoms in total. The summed E-state index contributed by atoms with van der Waals surface area (Å²) in [5.74, 6) is -0.0715. The molecule has 0 saturated carbocycles. The maximum absolute atomic E-state index is 11.1. The third-order valence-corrected chi connectivity index (χ3v) is 1.80. The first kappa shape index (κ1) is 10.8. The minimum Gasteiger partial charge on any atom is -0.350 e. The van der Waals surface area contributed by atoms with Crippen LogP contribution in [0.2, 0.25) is 0 Å². The van der Waals surface area contributed by atoms with E-state index in [1.807, 2.05) is 0 Å². The number of nitrogens with zero attached hydrogens (tertiary/aromatic N) is 1. The first-order valence-corrected chi connectivity index (χ1v) is 4.22. The molecule has 0 aliphatic carbocycles. The molecule has 0 atom stereocenters. The molecule has 0 amide bonds. The van der Waals surface area contributed by atoms with Crippen molar-refractivity contribution >= 4 is 5.78 Å². The maximum Gasteiger partial charge on any atom is 0.200 e. The summed E-state index contributed by atoms with van der Waals surface area (Å²) in [5, 5.41) is 0. The highest BCUT2D eigenvalue weighted by Gasteiger charge is 2.11. The number of hydrogen-bond acceptors (Lipinski definition) is 4. The smallest absolute Gasteiger partial charge is 0.200 e. The Balaban J connectivity index is 2.98. The highest BCUT2D eigenvalue weighted by molar-refractivity contribution is 5.92. The van der Waals surface area contributed by atoms with Crippen LogP contribution in [0.5, 0.6) is 0 Å². The minimum absolute atomic E-state index is 0.0715. The standard InChI is InChI=1S/C10H13NO3/c1-7(12)8-5-4-6-9(11-8)10(13-2)14-3/h4-6,10H,1-3H3. The van der Waals surface area contributed by atoms with Crippen molar-refractivity contribution in [3.63, 3.8) is 0 Å². The Kier molecular flexibility index (Phi) is 3.73. The number of hydrogen-bond donors (Lipinski definition) is 0. The first-order valence-electron chi connectivity index (χ1n) is 4.22. The van der Waals surface area contributed by atoms with Gasteiger partial charge in [0.2, 0.25) is 6.29 Å². The zero-order valence-corrected chi connectivity index (χ0v) is 8.48. The average Bonchev–Trinajstić information content (AvgIpc) is 2.20. The second-order valence-corrected chi connectivity index (χ2v) is 2.81. The molecule has 0 radical (unpaired) electrons. The van der Waals surface area contributed by atoms with Crippen molar-refractivity contribution in [3.8, 4) is 0 Å². The molecule has 0 fully saturated rings. The Morgan fingerprint density at radius 3 is 2.50 bits per heavy atom. The third-order valence-electron chi connectivity index (χ3n) is 1.80. The molecule has 0 spiro atoms. The molecule has 0 unspecified atom stereocenters. The highest BCUT2D eigenvalue weighted by Crippen LogP contribution is 2.14. The van der Waals surface area contributed by atoms with Crippen LogP contribution in [0.25, 0.3) is 0 Å². The van der Waals surface area contributed by atoms with Crippen molar-refractivity contribution in [2.75, 3.05) is 14.2 Å². The monoisotopic (exact) mass is 195 g/mol. The highest BCUT2D eigenvalue weighted by atomic mass is 16.7. The van der Waals surface area contributed by atoms with Gasteiger partial charge in [0.15, 0.2) is 5.78 Å². The molecule has 0 N–H and O–H groups in total. The molecule has 1 heterocycles. The lowest BCUT2D eigenvalue weighted by Crippen LogP contribution is -2.08. The van der Waals surface area contributed by atoms with Crippen molar-refractivity contribution in [2.24, 2.45) is 0 Å². The Bertz CT molecular complexity index is 321. The molecular weight excluding hydrogens is 182 g/mol. The van der Waals surface area contributed by atoms with Crippen LogP contribution in [0.3, 0.4) is 0 Å². The van der Waals surface area contributed by atoms with Gasteiger partial charge in [0, 0.05) is 21.1 Å². The van der Waals surface area contributed by atoms with E-state index in [4.69, 9.17) is 9.47 Å². The average molecular weight is 195 g/mol. The number of pyridine rings is 1. The van der Waals surface area contributed by atoms with Crippen molar-refractivity contribution in [3.05, 3.63) is 29.6 Å². The van der Waals surface area contributed by atoms with Crippen molar-refractivity contribution in [1.29, 1.82) is 0 Å². The van der Waals surface area contributed by atoms with E-state index in [9.17, 15) is 4.79 Å². The van der Waals surface area contributed by atoms with Crippen molar-refractivity contribution < 1.29 is 14.3 Å². The van der Waals surface area contributed by atoms with Crippen LogP contribution in [0.15, 0.2) is 18.2 Å². The second-order valence-electron chi connectivity index (χ2n) is 2.81. The van der Waals surface area contributed by atoms with Gasteiger partial charge in [-0.15, -0.1) is 0 Å². The maximum atomic E-state index is 11.1. The van der Waals surface area contributed by atoms with Crippen LogP contribution >= 0.6 is 0 Å². The van der Waals surface area contributed by atoms with Crippen LogP contribution in [0.4, 0.5) is 0 Å². The topological polar surface area (TPSA) is 48.4 Å². The molecule has 0 aromatic carbocycles. The normalized spacial score (nSPS) is 10.6. The molecule has 0 aliphatic heterocycles. The van der Waals surface area contributed by atoms with Gasteiger partial charge < -0.3 is 9.47 Å². The van der Waals surface area contributed by atoms with E-state index in [2.05, 4.69) is 4.98 Å². The van der Waals surface area contributed by atoms with Crippen LogP contribution in [-0.4, -0.2) is 25.0 Å². The molecule has 14 heavy (non-hydrogen) atoms. The van der Waals surface area contributed by atoms with Gasteiger partial charge >= 0.3 is 0 Å². The van der Waals surface area contributed by atoms with E-state index in [1.165, 1.54) is 21.1 Å². The molecule has 4 heteroatoms. The largest absolute Gasteiger partial charge is 0.350 e. The number of carbonyl (C=O) groups is 1. The van der Waals surface area contributed by atoms with E-state index in [1.54, 1.807) is 18.2 Å². The molecule has 1 aromatic rings. The summed E-state index contributed by atoms with van der Waals surface area (Å²) in [6.07, 6.45) is -0.519. The van der Waals surface area contributed by atoms with E-state index in [-0.39, 0.29) is 5.78 Å². The lowest BCUT2D eigenvalue weighted by molar-refractivity contribution is -0.108. The third kappa shape index (κ3) is 2.37.